The molecule has 0 aromatic heterocycles. The highest BCUT2D eigenvalue weighted by molar-refractivity contribution is 5.89. The van der Waals surface area contributed by atoms with Gasteiger partial charge in [0.15, 0.2) is 0 Å². The summed E-state index contributed by atoms with van der Waals surface area (Å²) in [6.45, 7) is 7.50. The predicted octanol–water partition coefficient (Wildman–Crippen LogP) is 6.43. The van der Waals surface area contributed by atoms with Crippen molar-refractivity contribution < 1.29 is 19.1 Å². The SMILES string of the molecule is CCCCCC1CCC(c2ccc(C(=O)OC(C)C(C)OC(=O)CC)cc2)CC1. The van der Waals surface area contributed by atoms with Crippen LogP contribution in [-0.4, -0.2) is 24.1 Å². The van der Waals surface area contributed by atoms with Crippen molar-refractivity contribution in [3.63, 3.8) is 0 Å². The Morgan fingerprint density at radius 3 is 2.14 bits per heavy atom. The van der Waals surface area contributed by atoms with Crippen molar-refractivity contribution in [3.8, 4) is 0 Å². The van der Waals surface area contributed by atoms with Crippen molar-refractivity contribution >= 4 is 11.9 Å². The van der Waals surface area contributed by atoms with Crippen LogP contribution in [0.3, 0.4) is 0 Å². The van der Waals surface area contributed by atoms with Crippen LogP contribution in [0.15, 0.2) is 24.3 Å². The number of ether oxygens (including phenoxy) is 2. The van der Waals surface area contributed by atoms with Crippen molar-refractivity contribution in [2.24, 2.45) is 5.92 Å². The van der Waals surface area contributed by atoms with Crippen LogP contribution in [0, 0.1) is 5.92 Å². The van der Waals surface area contributed by atoms with Gasteiger partial charge in [-0.3, -0.25) is 4.79 Å². The first-order valence-electron chi connectivity index (χ1n) is 11.4. The molecular formula is C25H38O4. The molecule has 4 heteroatoms. The summed E-state index contributed by atoms with van der Waals surface area (Å²) in [7, 11) is 0. The summed E-state index contributed by atoms with van der Waals surface area (Å²) < 4.78 is 10.7. The molecule has 1 aliphatic rings. The second-order valence-electron chi connectivity index (χ2n) is 8.49. The lowest BCUT2D eigenvalue weighted by Gasteiger charge is -2.29. The van der Waals surface area contributed by atoms with E-state index in [1.54, 1.807) is 20.8 Å². The topological polar surface area (TPSA) is 52.6 Å². The van der Waals surface area contributed by atoms with Crippen LogP contribution in [0.2, 0.25) is 0 Å². The third-order valence-electron chi connectivity index (χ3n) is 6.24. The van der Waals surface area contributed by atoms with Gasteiger partial charge in [-0.2, -0.15) is 0 Å². The quantitative estimate of drug-likeness (QED) is 0.334. The second kappa shape index (κ2) is 12.0. The van der Waals surface area contributed by atoms with Gasteiger partial charge >= 0.3 is 11.9 Å². The summed E-state index contributed by atoms with van der Waals surface area (Å²) >= 11 is 0. The lowest BCUT2D eigenvalue weighted by Crippen LogP contribution is -2.30. The molecule has 1 aromatic rings. The van der Waals surface area contributed by atoms with Gasteiger partial charge in [-0.1, -0.05) is 51.7 Å². The first kappa shape index (κ1) is 23.4. The molecule has 1 aliphatic carbocycles. The molecule has 1 saturated carbocycles. The Morgan fingerprint density at radius 2 is 1.55 bits per heavy atom. The first-order chi connectivity index (χ1) is 13.9. The number of hydrogen-bond donors (Lipinski definition) is 0. The zero-order valence-corrected chi connectivity index (χ0v) is 18.6. The third-order valence-corrected chi connectivity index (χ3v) is 6.24. The molecule has 0 bridgehead atoms. The van der Waals surface area contributed by atoms with Crippen LogP contribution in [0.1, 0.15) is 107 Å². The van der Waals surface area contributed by atoms with Gasteiger partial charge < -0.3 is 9.47 Å². The Kier molecular flexibility index (Phi) is 9.69. The fraction of sp³-hybridized carbons (Fsp3) is 0.680. The van der Waals surface area contributed by atoms with Gasteiger partial charge in [0.2, 0.25) is 0 Å². The van der Waals surface area contributed by atoms with E-state index in [9.17, 15) is 9.59 Å². The fourth-order valence-electron chi connectivity index (χ4n) is 4.08. The Balaban J connectivity index is 1.82. The molecule has 1 fully saturated rings. The van der Waals surface area contributed by atoms with Crippen molar-refractivity contribution in [1.82, 2.24) is 0 Å². The summed E-state index contributed by atoms with van der Waals surface area (Å²) in [4.78, 5) is 23.8. The molecule has 0 amide bonds. The average Bonchev–Trinajstić information content (AvgIpc) is 2.74. The van der Waals surface area contributed by atoms with Gasteiger partial charge in [0.1, 0.15) is 12.2 Å². The van der Waals surface area contributed by atoms with E-state index in [0.29, 0.717) is 17.9 Å². The average molecular weight is 403 g/mol. The van der Waals surface area contributed by atoms with Gasteiger partial charge in [0, 0.05) is 6.42 Å². The summed E-state index contributed by atoms with van der Waals surface area (Å²) in [5.41, 5.74) is 1.87. The van der Waals surface area contributed by atoms with E-state index >= 15 is 0 Å². The highest BCUT2D eigenvalue weighted by Crippen LogP contribution is 2.37. The standard InChI is InChI=1S/C25H38O4/c1-5-7-8-9-20-10-12-21(13-11-20)22-14-16-23(17-15-22)25(27)29-19(4)18(3)28-24(26)6-2/h14-21H,5-13H2,1-4H3. The Bertz CT molecular complexity index is 629. The molecule has 2 rings (SSSR count). The zero-order chi connectivity index (χ0) is 21.2. The Hall–Kier alpha value is -1.84. The van der Waals surface area contributed by atoms with E-state index < -0.39 is 12.2 Å². The maximum atomic E-state index is 12.4. The van der Waals surface area contributed by atoms with Gasteiger partial charge in [-0.25, -0.2) is 4.79 Å². The van der Waals surface area contributed by atoms with Crippen molar-refractivity contribution in [2.75, 3.05) is 0 Å². The van der Waals surface area contributed by atoms with Crippen LogP contribution in [0.5, 0.6) is 0 Å². The number of carbonyl (C=O) groups excluding carboxylic acids is 2. The summed E-state index contributed by atoms with van der Waals surface area (Å²) in [6.07, 6.45) is 9.92. The van der Waals surface area contributed by atoms with E-state index in [0.717, 1.165) is 5.92 Å². The van der Waals surface area contributed by atoms with Crippen LogP contribution in [-0.2, 0) is 14.3 Å². The Labute approximate surface area is 176 Å². The van der Waals surface area contributed by atoms with Crippen molar-refractivity contribution in [3.05, 3.63) is 35.4 Å². The largest absolute Gasteiger partial charge is 0.459 e. The molecule has 0 N–H and O–H groups in total. The molecular weight excluding hydrogens is 364 g/mol. The van der Waals surface area contributed by atoms with Crippen LogP contribution < -0.4 is 0 Å². The molecule has 162 valence electrons. The van der Waals surface area contributed by atoms with Crippen molar-refractivity contribution in [1.29, 1.82) is 0 Å². The third kappa shape index (κ3) is 7.49. The van der Waals surface area contributed by atoms with Gasteiger partial charge in [-0.05, 0) is 69.1 Å². The Morgan fingerprint density at radius 1 is 0.931 bits per heavy atom. The van der Waals surface area contributed by atoms with E-state index in [-0.39, 0.29) is 11.9 Å². The lowest BCUT2D eigenvalue weighted by molar-refractivity contribution is -0.152. The normalized spacial score (nSPS) is 21.2. The highest BCUT2D eigenvalue weighted by atomic mass is 16.6. The molecule has 4 nitrogen and oxygen atoms in total. The maximum absolute atomic E-state index is 12.4. The van der Waals surface area contributed by atoms with E-state index in [1.165, 1.54) is 56.9 Å². The minimum atomic E-state index is -0.485. The number of benzene rings is 1. The maximum Gasteiger partial charge on any atom is 0.338 e. The van der Waals surface area contributed by atoms with E-state index in [1.807, 2.05) is 12.1 Å². The molecule has 0 heterocycles. The molecule has 2 atom stereocenters. The first-order valence-corrected chi connectivity index (χ1v) is 11.4. The van der Waals surface area contributed by atoms with Gasteiger partial charge in [-0.15, -0.1) is 0 Å². The summed E-state index contributed by atoms with van der Waals surface area (Å²) in [6, 6.07) is 7.87. The summed E-state index contributed by atoms with van der Waals surface area (Å²) in [5, 5.41) is 0. The number of esters is 2. The molecule has 0 aliphatic heterocycles. The van der Waals surface area contributed by atoms with Crippen LogP contribution >= 0.6 is 0 Å². The van der Waals surface area contributed by atoms with E-state index in [2.05, 4.69) is 19.1 Å². The van der Waals surface area contributed by atoms with Gasteiger partial charge in [0.05, 0.1) is 5.56 Å². The minimum Gasteiger partial charge on any atom is -0.459 e. The zero-order valence-electron chi connectivity index (χ0n) is 18.6. The number of unbranched alkanes of at least 4 members (excludes halogenated alkanes) is 2. The fourth-order valence-corrected chi connectivity index (χ4v) is 4.08. The van der Waals surface area contributed by atoms with E-state index in [4.69, 9.17) is 9.47 Å². The minimum absolute atomic E-state index is 0.287. The molecule has 2 unspecified atom stereocenters. The van der Waals surface area contributed by atoms with Gasteiger partial charge in [0.25, 0.3) is 0 Å². The predicted molar refractivity (Wildman–Crippen MR) is 116 cm³/mol. The van der Waals surface area contributed by atoms with Crippen LogP contribution in [0.25, 0.3) is 0 Å². The second-order valence-corrected chi connectivity index (χ2v) is 8.49. The van der Waals surface area contributed by atoms with Crippen molar-refractivity contribution in [2.45, 2.75) is 104 Å². The smallest absolute Gasteiger partial charge is 0.338 e. The summed E-state index contributed by atoms with van der Waals surface area (Å²) in [5.74, 6) is 0.847. The molecule has 0 radical (unpaired) electrons. The highest BCUT2D eigenvalue weighted by Gasteiger charge is 2.23. The number of carbonyl (C=O) groups is 2. The lowest BCUT2D eigenvalue weighted by atomic mass is 9.77. The molecule has 0 saturated heterocycles. The number of rotatable bonds is 10. The molecule has 0 spiro atoms. The monoisotopic (exact) mass is 402 g/mol. The molecule has 29 heavy (non-hydrogen) atoms. The molecule has 1 aromatic carbocycles. The van der Waals surface area contributed by atoms with Crippen LogP contribution in [0.4, 0.5) is 0 Å². The number of hydrogen-bond acceptors (Lipinski definition) is 4.